The molecule has 1 aliphatic carbocycles. The number of benzene rings is 1. The van der Waals surface area contributed by atoms with E-state index in [1.165, 1.54) is 11.8 Å². The zero-order valence-electron chi connectivity index (χ0n) is 39.4. The Morgan fingerprint density at radius 3 is 2.28 bits per heavy atom. The number of β-amino-alcohol motifs (C(OH)–C–C–N with tert-alkyl or cyclic N) is 1. The lowest BCUT2D eigenvalue weighted by molar-refractivity contribution is -0.145. The van der Waals surface area contributed by atoms with E-state index in [9.17, 15) is 33.9 Å². The molecule has 3 aliphatic rings. The maximum Gasteiger partial charge on any atom is 0.263 e. The van der Waals surface area contributed by atoms with Gasteiger partial charge in [-0.15, -0.1) is 11.3 Å². The first-order chi connectivity index (χ1) is 32.5. The molecular weight excluding hydrogens is 887 g/mol. The number of carbonyl (C=O) groups excluding carboxylic acids is 5. The summed E-state index contributed by atoms with van der Waals surface area (Å²) < 4.78 is 1.67. The largest absolute Gasteiger partial charge is 0.391 e. The van der Waals surface area contributed by atoms with Crippen molar-refractivity contribution < 1.29 is 29.1 Å². The van der Waals surface area contributed by atoms with Gasteiger partial charge in [-0.1, -0.05) is 57.9 Å². The fourth-order valence-electron chi connectivity index (χ4n) is 9.53. The number of ketones is 1. The minimum Gasteiger partial charge on any atom is -0.391 e. The van der Waals surface area contributed by atoms with Crippen molar-refractivity contribution in [3.8, 4) is 10.4 Å². The first-order valence-corrected chi connectivity index (χ1v) is 24.1. The summed E-state index contributed by atoms with van der Waals surface area (Å²) in [6.45, 7) is 12.4. The van der Waals surface area contributed by atoms with E-state index >= 15 is 0 Å². The van der Waals surface area contributed by atoms with E-state index < -0.39 is 47.7 Å². The maximum atomic E-state index is 14.1. The van der Waals surface area contributed by atoms with Gasteiger partial charge >= 0.3 is 0 Å². The monoisotopic (exact) mass is 945 g/mol. The molecule has 68 heavy (non-hydrogen) atoms. The predicted octanol–water partition coefficient (Wildman–Crippen LogP) is 4.84. The number of aliphatic hydroxyl groups is 1. The van der Waals surface area contributed by atoms with Gasteiger partial charge in [0.2, 0.25) is 29.6 Å². The number of thiazole rings is 1. The summed E-state index contributed by atoms with van der Waals surface area (Å²) in [4.78, 5) is 105. The number of hydrogen-bond acceptors (Lipinski definition) is 14. The van der Waals surface area contributed by atoms with Gasteiger partial charge in [0.05, 0.1) is 39.6 Å². The topological polar surface area (TPSA) is 225 Å². The lowest BCUT2D eigenvalue weighted by atomic mass is 9.85. The molecule has 4 amide bonds. The predicted molar refractivity (Wildman–Crippen MR) is 259 cm³/mol. The van der Waals surface area contributed by atoms with Crippen LogP contribution in [0, 0.1) is 19.3 Å². The van der Waals surface area contributed by atoms with E-state index in [2.05, 4.69) is 35.8 Å². The summed E-state index contributed by atoms with van der Waals surface area (Å²) >= 11 is 1.56. The highest BCUT2D eigenvalue weighted by molar-refractivity contribution is 7.13. The number of aromatic nitrogens is 5. The minimum atomic E-state index is -1.06. The molecular formula is C49H59N11O7S. The van der Waals surface area contributed by atoms with E-state index in [0.29, 0.717) is 48.6 Å². The average molecular weight is 946 g/mol. The minimum absolute atomic E-state index is 0.0400. The van der Waals surface area contributed by atoms with Gasteiger partial charge in [-0.3, -0.25) is 33.3 Å². The summed E-state index contributed by atoms with van der Waals surface area (Å²) in [6, 6.07) is 9.48. The van der Waals surface area contributed by atoms with E-state index in [4.69, 9.17) is 4.98 Å². The number of carbonyl (C=O) groups is 5. The van der Waals surface area contributed by atoms with Crippen LogP contribution in [-0.2, 0) is 25.7 Å². The molecule has 0 spiro atoms. The summed E-state index contributed by atoms with van der Waals surface area (Å²) in [5.74, 6) is -1.40. The zero-order chi connectivity index (χ0) is 48.4. The third-order valence-corrected chi connectivity index (χ3v) is 14.2. The highest BCUT2D eigenvalue weighted by Crippen LogP contribution is 2.33. The smallest absolute Gasteiger partial charge is 0.263 e. The summed E-state index contributed by atoms with van der Waals surface area (Å²) in [7, 11) is 0. The molecule has 4 N–H and O–H groups in total. The maximum absolute atomic E-state index is 14.1. The number of rotatable bonds is 13. The molecule has 0 bridgehead atoms. The van der Waals surface area contributed by atoms with Gasteiger partial charge in [-0.25, -0.2) is 15.0 Å². The van der Waals surface area contributed by atoms with Crippen LogP contribution in [0.25, 0.3) is 21.5 Å². The highest BCUT2D eigenvalue weighted by atomic mass is 32.1. The van der Waals surface area contributed by atoms with Gasteiger partial charge in [0, 0.05) is 63.3 Å². The fourth-order valence-corrected chi connectivity index (χ4v) is 10.3. The highest BCUT2D eigenvalue weighted by Gasteiger charge is 2.44. The third kappa shape index (κ3) is 10.3. The van der Waals surface area contributed by atoms with Crippen molar-refractivity contribution in [2.75, 3.05) is 42.9 Å². The van der Waals surface area contributed by atoms with Crippen LogP contribution in [0.5, 0.6) is 0 Å². The number of nitrogens with one attached hydrogen (secondary N) is 3. The van der Waals surface area contributed by atoms with Crippen LogP contribution in [0.4, 0.5) is 17.5 Å². The van der Waals surface area contributed by atoms with Crippen molar-refractivity contribution in [3.05, 3.63) is 87.0 Å². The van der Waals surface area contributed by atoms with Crippen LogP contribution in [0.3, 0.4) is 0 Å². The van der Waals surface area contributed by atoms with E-state index in [1.807, 2.05) is 37.3 Å². The number of aliphatic hydroxyl groups excluding tert-OH is 1. The van der Waals surface area contributed by atoms with Crippen molar-refractivity contribution in [1.82, 2.24) is 44.9 Å². The molecule has 3 atom stereocenters. The molecule has 1 aromatic carbocycles. The Bertz CT molecular complexity index is 2770. The SMILES string of the molecule is CC(=O)c1c(C)c2cnc(Nc3ccc(N4CCN(C(=O)CC(=O)NC(C(=O)N5C[C@H](O)C[C@H]5C(=O)NCc5ccc(-c6scnc6C)cc5)C(C)(C)C)CC4)cn3)nc2n(C2CCCC2)c1=O. The van der Waals surface area contributed by atoms with Crippen LogP contribution in [0.2, 0.25) is 0 Å². The standard InChI is InChI=1S/C49H59N11O7S/c1-28-36-25-52-48(56-44(36)60(33-9-7-8-10-33)46(66)41(28)30(3)61)54-38-16-15-34(24-50-38)57-17-19-58(20-18-57)40(64)22-39(63)55-43(49(4,5)6)47(67)59-26-35(62)21-37(59)45(65)51-23-31-11-13-32(14-12-31)42-29(2)53-27-68-42/h11-16,24-25,27,33,35,37,43,62H,7-10,17-23,26H2,1-6H3,(H,51,65)(H,55,63)(H,50,52,54,56)/t35-,37+,43?/m1/s1. The Hall–Kier alpha value is -6.60. The number of anilines is 3. The Morgan fingerprint density at radius 1 is 0.926 bits per heavy atom. The van der Waals surface area contributed by atoms with Gasteiger partial charge in [-0.05, 0) is 67.9 Å². The summed E-state index contributed by atoms with van der Waals surface area (Å²) in [6.07, 6.45) is 5.73. The number of nitrogens with zero attached hydrogens (tertiary/aromatic N) is 8. The molecule has 4 aromatic heterocycles. The van der Waals surface area contributed by atoms with E-state index in [1.54, 1.807) is 72.5 Å². The number of fused-ring (bicyclic) bond motifs is 1. The van der Waals surface area contributed by atoms with E-state index in [-0.39, 0.29) is 54.3 Å². The van der Waals surface area contributed by atoms with Gasteiger partial charge in [0.1, 0.15) is 30.0 Å². The zero-order valence-corrected chi connectivity index (χ0v) is 40.2. The molecule has 5 aromatic rings. The first-order valence-electron chi connectivity index (χ1n) is 23.2. The molecule has 2 aliphatic heterocycles. The lowest BCUT2D eigenvalue weighted by Gasteiger charge is -2.37. The number of piperazine rings is 1. The van der Waals surface area contributed by atoms with Crippen molar-refractivity contribution in [3.63, 3.8) is 0 Å². The molecule has 19 heteroatoms. The van der Waals surface area contributed by atoms with Crippen LogP contribution in [0.1, 0.15) is 99.4 Å². The molecule has 2 saturated heterocycles. The van der Waals surface area contributed by atoms with Gasteiger partial charge in [0.15, 0.2) is 5.78 Å². The van der Waals surface area contributed by atoms with Gasteiger partial charge < -0.3 is 35.8 Å². The van der Waals surface area contributed by atoms with Gasteiger partial charge in [-0.2, -0.15) is 4.98 Å². The second-order valence-electron chi connectivity index (χ2n) is 19.1. The molecule has 0 radical (unpaired) electrons. The number of amides is 4. The summed E-state index contributed by atoms with van der Waals surface area (Å²) in [5.41, 5.74) is 5.63. The van der Waals surface area contributed by atoms with Crippen LogP contribution < -0.4 is 26.4 Å². The molecule has 6 heterocycles. The third-order valence-electron chi connectivity index (χ3n) is 13.3. The molecule has 18 nitrogen and oxygen atoms in total. The molecule has 358 valence electrons. The Morgan fingerprint density at radius 2 is 1.65 bits per heavy atom. The Labute approximate surface area is 398 Å². The van der Waals surface area contributed by atoms with Crippen molar-refractivity contribution >= 4 is 69.2 Å². The molecule has 8 rings (SSSR count). The Kier molecular flexibility index (Phi) is 14.0. The van der Waals surface area contributed by atoms with Crippen molar-refractivity contribution in [2.45, 2.75) is 111 Å². The van der Waals surface area contributed by atoms with E-state index in [0.717, 1.165) is 53.1 Å². The number of likely N-dealkylation sites (tertiary alicyclic amines) is 1. The number of Topliss-reactive ketones (excluding diaryl/α,β-unsaturated/α-hetero) is 1. The first kappa shape index (κ1) is 47.9. The molecule has 1 saturated carbocycles. The number of hydrogen-bond donors (Lipinski definition) is 4. The lowest BCUT2D eigenvalue weighted by Crippen LogP contribution is -2.58. The molecule has 1 unspecified atom stereocenters. The summed E-state index contributed by atoms with van der Waals surface area (Å²) in [5, 5.41) is 20.2. The van der Waals surface area contributed by atoms with Crippen LogP contribution >= 0.6 is 11.3 Å². The number of pyridine rings is 2. The number of aryl methyl sites for hydroxylation is 2. The van der Waals surface area contributed by atoms with Crippen LogP contribution in [0.15, 0.2) is 59.1 Å². The van der Waals surface area contributed by atoms with Gasteiger partial charge in [0.25, 0.3) is 5.56 Å². The normalized spacial score (nSPS) is 18.2. The molecule has 3 fully saturated rings. The fraction of sp³-hybridized carbons (Fsp3) is 0.469. The van der Waals surface area contributed by atoms with Crippen molar-refractivity contribution in [1.29, 1.82) is 0 Å². The Balaban J connectivity index is 0.838. The van der Waals surface area contributed by atoms with Crippen molar-refractivity contribution in [2.24, 2.45) is 5.41 Å². The van der Waals surface area contributed by atoms with Crippen LogP contribution in [-0.4, -0.2) is 120 Å². The second kappa shape index (κ2) is 19.9. The second-order valence-corrected chi connectivity index (χ2v) is 20.0. The quantitative estimate of drug-likeness (QED) is 0.0918. The average Bonchev–Trinajstić information content (AvgIpc) is 4.09.